The van der Waals surface area contributed by atoms with Crippen molar-refractivity contribution in [3.63, 3.8) is 0 Å². The fraction of sp³-hybridized carbons (Fsp3) is 0.0732. The van der Waals surface area contributed by atoms with Crippen LogP contribution in [0.1, 0.15) is 25.0 Å². The average Bonchev–Trinajstić information content (AvgIpc) is 3.54. The van der Waals surface area contributed by atoms with Crippen LogP contribution in [-0.4, -0.2) is 0 Å². The van der Waals surface area contributed by atoms with Crippen molar-refractivity contribution in [2.75, 3.05) is 4.90 Å². The molecular formula is C41H29NS. The third-order valence-electron chi connectivity index (χ3n) is 9.39. The molecule has 7 aromatic carbocycles. The summed E-state index contributed by atoms with van der Waals surface area (Å²) in [6.45, 7) is 4.78. The van der Waals surface area contributed by atoms with E-state index in [2.05, 4.69) is 158 Å². The second-order valence-electron chi connectivity index (χ2n) is 12.1. The summed E-state index contributed by atoms with van der Waals surface area (Å²) in [4.78, 5) is 2.54. The van der Waals surface area contributed by atoms with Gasteiger partial charge in [0.05, 0.1) is 11.4 Å². The minimum absolute atomic E-state index is 0.167. The average molecular weight is 568 g/mol. The maximum Gasteiger partial charge on any atom is 0.0587 e. The van der Waals surface area contributed by atoms with E-state index in [1.807, 2.05) is 11.3 Å². The van der Waals surface area contributed by atoms with Gasteiger partial charge in [0.15, 0.2) is 0 Å². The zero-order valence-electron chi connectivity index (χ0n) is 24.1. The van der Waals surface area contributed by atoms with Crippen molar-refractivity contribution in [2.45, 2.75) is 19.3 Å². The van der Waals surface area contributed by atoms with Gasteiger partial charge in [-0.1, -0.05) is 117 Å². The van der Waals surface area contributed by atoms with Crippen molar-refractivity contribution >= 4 is 70.1 Å². The van der Waals surface area contributed by atoms with Crippen LogP contribution in [0.2, 0.25) is 0 Å². The van der Waals surface area contributed by atoms with Crippen molar-refractivity contribution in [3.8, 4) is 11.1 Å². The highest BCUT2D eigenvalue weighted by Crippen LogP contribution is 2.57. The molecule has 1 heterocycles. The number of benzene rings is 7. The number of para-hydroxylation sites is 1. The van der Waals surface area contributed by atoms with Crippen molar-refractivity contribution in [3.05, 3.63) is 151 Å². The Morgan fingerprint density at radius 2 is 1.26 bits per heavy atom. The number of rotatable bonds is 3. The van der Waals surface area contributed by atoms with Crippen molar-refractivity contribution < 1.29 is 0 Å². The molecule has 1 nitrogen and oxygen atoms in total. The number of hydrogen-bond acceptors (Lipinski definition) is 2. The van der Waals surface area contributed by atoms with Crippen LogP contribution in [0.4, 0.5) is 17.1 Å². The van der Waals surface area contributed by atoms with E-state index in [0.717, 1.165) is 5.69 Å². The molecule has 0 N–H and O–H groups in total. The largest absolute Gasteiger partial charge is 0.309 e. The Morgan fingerprint density at radius 1 is 0.535 bits per heavy atom. The zero-order valence-corrected chi connectivity index (χ0v) is 25.0. The van der Waals surface area contributed by atoms with E-state index in [-0.39, 0.29) is 5.41 Å². The third-order valence-corrected chi connectivity index (χ3v) is 10.5. The highest BCUT2D eigenvalue weighted by molar-refractivity contribution is 7.26. The monoisotopic (exact) mass is 567 g/mol. The summed E-state index contributed by atoms with van der Waals surface area (Å²) in [5, 5.41) is 7.77. The van der Waals surface area contributed by atoms with E-state index in [4.69, 9.17) is 0 Å². The predicted molar refractivity (Wildman–Crippen MR) is 187 cm³/mol. The minimum Gasteiger partial charge on any atom is -0.309 e. The first-order valence-electron chi connectivity index (χ1n) is 15.0. The Labute approximate surface area is 255 Å². The molecular weight excluding hydrogens is 539 g/mol. The Bertz CT molecular complexity index is 2380. The van der Waals surface area contributed by atoms with E-state index < -0.39 is 0 Å². The topological polar surface area (TPSA) is 3.24 Å². The lowest BCUT2D eigenvalue weighted by atomic mass is 9.80. The molecule has 9 rings (SSSR count). The van der Waals surface area contributed by atoms with Crippen LogP contribution >= 0.6 is 11.3 Å². The smallest absolute Gasteiger partial charge is 0.0587 e. The van der Waals surface area contributed by atoms with Gasteiger partial charge >= 0.3 is 0 Å². The summed E-state index contributed by atoms with van der Waals surface area (Å²) < 4.78 is 2.67. The van der Waals surface area contributed by atoms with Crippen LogP contribution < -0.4 is 4.90 Å². The van der Waals surface area contributed by atoms with Gasteiger partial charge in [-0.3, -0.25) is 0 Å². The van der Waals surface area contributed by atoms with Gasteiger partial charge in [0.25, 0.3) is 0 Å². The first-order chi connectivity index (χ1) is 21.1. The maximum atomic E-state index is 2.54. The van der Waals surface area contributed by atoms with E-state index in [1.165, 1.54) is 75.3 Å². The van der Waals surface area contributed by atoms with Crippen molar-refractivity contribution in [1.29, 1.82) is 0 Å². The first-order valence-corrected chi connectivity index (χ1v) is 15.8. The van der Waals surface area contributed by atoms with Crippen LogP contribution in [0.15, 0.2) is 140 Å². The molecule has 0 atom stereocenters. The number of thiophene rings is 1. The van der Waals surface area contributed by atoms with Gasteiger partial charge in [-0.05, 0) is 69.4 Å². The molecule has 0 saturated carbocycles. The van der Waals surface area contributed by atoms with E-state index >= 15 is 0 Å². The molecule has 0 amide bonds. The molecule has 2 heteroatoms. The van der Waals surface area contributed by atoms with Crippen molar-refractivity contribution in [1.82, 2.24) is 0 Å². The maximum absolute atomic E-state index is 2.54. The lowest BCUT2D eigenvalue weighted by Gasteiger charge is -2.34. The summed E-state index contributed by atoms with van der Waals surface area (Å²) in [6, 6.07) is 51.5. The summed E-state index contributed by atoms with van der Waals surface area (Å²) in [5.41, 5.74) is 8.91. The third kappa shape index (κ3) is 3.45. The summed E-state index contributed by atoms with van der Waals surface area (Å²) >= 11 is 1.88. The molecule has 1 aliphatic carbocycles. The summed E-state index contributed by atoms with van der Waals surface area (Å²) in [5.74, 6) is 0. The molecule has 0 unspecified atom stereocenters. The highest BCUT2D eigenvalue weighted by atomic mass is 32.1. The molecule has 204 valence electrons. The summed E-state index contributed by atoms with van der Waals surface area (Å²) in [6.07, 6.45) is 0. The molecule has 43 heavy (non-hydrogen) atoms. The minimum atomic E-state index is -0.167. The van der Waals surface area contributed by atoms with Gasteiger partial charge in [-0.25, -0.2) is 0 Å². The second-order valence-corrected chi connectivity index (χ2v) is 13.2. The molecule has 0 radical (unpaired) electrons. The predicted octanol–water partition coefficient (Wildman–Crippen LogP) is 12.1. The fourth-order valence-electron chi connectivity index (χ4n) is 7.53. The standard InChI is InChI=1S/C41H29NS/c1-41(2)34-20-10-8-17-29(34)33-25-26-13-6-7-16-28(26)40(39(33)41)42(27-14-4-3-5-15-27)35-21-12-19-31-30(35)23-24-37-38(31)32-18-9-11-22-36(32)43-37/h3-25H,1-2H3. The first kappa shape index (κ1) is 24.7. The van der Waals surface area contributed by atoms with Crippen LogP contribution in [-0.2, 0) is 5.41 Å². The van der Waals surface area contributed by atoms with Crippen LogP contribution in [0.5, 0.6) is 0 Å². The highest BCUT2D eigenvalue weighted by Gasteiger charge is 2.40. The number of nitrogens with zero attached hydrogens (tertiary/aromatic N) is 1. The van der Waals surface area contributed by atoms with Gasteiger partial charge in [0.1, 0.15) is 0 Å². The van der Waals surface area contributed by atoms with Crippen LogP contribution in [0.25, 0.3) is 52.8 Å². The molecule has 0 aliphatic heterocycles. The van der Waals surface area contributed by atoms with E-state index in [0.29, 0.717) is 0 Å². The quantitative estimate of drug-likeness (QED) is 0.205. The van der Waals surface area contributed by atoms with E-state index in [9.17, 15) is 0 Å². The van der Waals surface area contributed by atoms with Crippen LogP contribution in [0.3, 0.4) is 0 Å². The summed E-state index contributed by atoms with van der Waals surface area (Å²) in [7, 11) is 0. The number of hydrogen-bond donors (Lipinski definition) is 0. The molecule has 1 aliphatic rings. The Morgan fingerprint density at radius 3 is 2.14 bits per heavy atom. The fourth-order valence-corrected chi connectivity index (χ4v) is 8.65. The van der Waals surface area contributed by atoms with Crippen LogP contribution in [0, 0.1) is 0 Å². The molecule has 0 fully saturated rings. The Balaban J connectivity index is 1.44. The second kappa shape index (κ2) is 9.04. The van der Waals surface area contributed by atoms with Gasteiger partial charge in [0.2, 0.25) is 0 Å². The lowest BCUT2D eigenvalue weighted by molar-refractivity contribution is 0.661. The van der Waals surface area contributed by atoms with Gasteiger partial charge in [-0.2, -0.15) is 0 Å². The molecule has 0 bridgehead atoms. The molecule has 1 aromatic heterocycles. The Kier molecular flexibility index (Phi) is 5.18. The van der Waals surface area contributed by atoms with Gasteiger partial charge < -0.3 is 4.90 Å². The lowest BCUT2D eigenvalue weighted by Crippen LogP contribution is -2.21. The number of anilines is 3. The number of fused-ring (bicyclic) bond motifs is 9. The zero-order chi connectivity index (χ0) is 28.7. The SMILES string of the molecule is CC1(C)c2ccccc2-c2cc3ccccc3c(N(c3ccccc3)c3cccc4c3ccc3sc5ccccc5c34)c21. The molecule has 0 spiro atoms. The Hall–Kier alpha value is -4.92. The van der Waals surface area contributed by atoms with Gasteiger partial charge in [0, 0.05) is 42.0 Å². The van der Waals surface area contributed by atoms with Crippen molar-refractivity contribution in [2.24, 2.45) is 0 Å². The normalized spacial score (nSPS) is 13.5. The molecule has 8 aromatic rings. The van der Waals surface area contributed by atoms with Gasteiger partial charge in [-0.15, -0.1) is 11.3 Å². The molecule has 0 saturated heterocycles. The van der Waals surface area contributed by atoms with E-state index in [1.54, 1.807) is 0 Å².